The number of pyridine rings is 4. The van der Waals surface area contributed by atoms with E-state index in [9.17, 15) is 51.3 Å². The predicted octanol–water partition coefficient (Wildman–Crippen LogP) is 12.6. The average Bonchev–Trinajstić information content (AvgIpc) is 0.888. The fourth-order valence-electron chi connectivity index (χ4n) is 16.2. The molecular weight excluding hydrogens is 2110 g/mol. The minimum absolute atomic E-state index is 0. The first-order valence-corrected chi connectivity index (χ1v) is 57.1. The Balaban J connectivity index is 0.000000202. The van der Waals surface area contributed by atoms with Crippen molar-refractivity contribution in [2.45, 2.75) is 112 Å². The number of hydrogen-bond acceptors (Lipinski definition) is 22. The number of rotatable bonds is 29. The van der Waals surface area contributed by atoms with Gasteiger partial charge in [-0.15, -0.1) is 23.5 Å². The number of halogens is 1. The van der Waals surface area contributed by atoms with E-state index in [0.29, 0.717) is 100 Å². The van der Waals surface area contributed by atoms with Crippen LogP contribution in [0.3, 0.4) is 0 Å². The van der Waals surface area contributed by atoms with Gasteiger partial charge in [0.15, 0.2) is 15.6 Å². The van der Waals surface area contributed by atoms with Gasteiger partial charge in [0, 0.05) is 64.9 Å². The number of Topliss-reactive ketones (excluding diaryl/α,β-unsaturated/α-hetero) is 2. The van der Waals surface area contributed by atoms with E-state index in [4.69, 9.17) is 33.7 Å². The summed E-state index contributed by atoms with van der Waals surface area (Å²) in [6.45, 7) is 15.8. The number of carbonyl (C=O) groups is 7. The van der Waals surface area contributed by atoms with Crippen LogP contribution in [0.5, 0.6) is 0 Å². The van der Waals surface area contributed by atoms with Crippen LogP contribution in [-0.4, -0.2) is 119 Å². The number of aromatic nitrogens is 4. The first kappa shape index (κ1) is 120. The molecule has 4 aromatic heterocycles. The molecule has 149 heavy (non-hydrogen) atoms. The molecular formula is C117H111IN8Na2O16S5. The van der Waals surface area contributed by atoms with Gasteiger partial charge in [-0.3, -0.25) is 46.7 Å². The standard InChI is InChI=1S/C27H26N2O3S.C27H26N2O2S.C27H26N2OS.C18H15NO2S.C10H12OS.C8H5NO2.IO4.2Na.H2O/c1-3-22(19-13-7-5-8-14-19)29-27(30)24-21-17-11-12-18-23(21)28-25(20-15-9-6-10-16-20)26(24)33(31,32)4-2;1-3-22(19-13-7-5-8-14-19)29-27(30)24-21-17-11-12-18-23(21)28-25(26(24)32(31)4-2)20-15-9-6-10-16-20;1-3-22(19-13-7-5-8-14-19)29-27(30)24-21-17-11-12-18-23(21)28-25(26(24)31-4-2)20-15-9-6-10-16-20;1-2-22-17-15(18(20)21)13-10-6-7-11-14(13)19-16(17)12-8-4-3-5-9-12;1-2-12-8-10(11)9-6-4-3-5-7-9;10-7-5-3-1-2-4-6(5)9-8(7)11;2-1(3,4)5;;;/h5-18,22H,3-4H2,1-2H3,(H,29,30);5-18,22H,3-4H2,1-2H3,(H,29,30);5-18,22H,3-4H2,1-2H3,(H,29,30);3-11H,2H2,1H3,(H,20,21);3-7H,2,8H2,1H3;1-4H,(H,9,10,11);;;;1H2/q;;;;;;-1;2*+1;/p-1/t22-;22-,32?;22-;;;;;;;/m000......./s1. The average molecular weight is 2220 g/mol. The molecule has 0 saturated carbocycles. The molecule has 754 valence electrons. The Labute approximate surface area is 933 Å². The molecule has 5 heterocycles. The molecule has 13 aromatic carbocycles. The summed E-state index contributed by atoms with van der Waals surface area (Å²) >= 11 is -1.08. The molecule has 0 fully saturated rings. The molecule has 1 unspecified atom stereocenters. The Morgan fingerprint density at radius 3 is 1.05 bits per heavy atom. The predicted molar refractivity (Wildman–Crippen MR) is 579 cm³/mol. The SMILES string of the molecule is CCSCC(=O)c1ccccc1.CCSc1c(-c2ccccc2)nc2ccccc2c1C(=O)N[C@@H](CC)c1ccccc1.CCSc1c(-c2ccccc2)nc2ccccc2c1C(=O)O.CC[C@H](NC(=O)c1c(S(=O)(=O)CC)c(-c2ccccc2)nc2ccccc12)c1ccccc1.CC[C@H](NC(=O)c1c(S(=O)CC)c(-c2ccccc2)nc2ccccc12)c1ccccc1.O=C1Nc2ccccc2C1=O.[Na+].[Na+].[O-][I+3]([O-])([O-])[O-].[OH-]. The van der Waals surface area contributed by atoms with Crippen molar-refractivity contribution in [2.75, 3.05) is 39.8 Å². The molecule has 32 heteroatoms. The summed E-state index contributed by atoms with van der Waals surface area (Å²) in [5, 5.41) is 24.5. The number of fused-ring (bicyclic) bond motifs is 5. The Hall–Kier alpha value is -12.1. The summed E-state index contributed by atoms with van der Waals surface area (Å²) in [4.78, 5) is 108. The van der Waals surface area contributed by atoms with Gasteiger partial charge in [-0.25, -0.2) is 33.1 Å². The van der Waals surface area contributed by atoms with E-state index in [-0.39, 0.29) is 117 Å². The van der Waals surface area contributed by atoms with Crippen LogP contribution in [0, 0.1) is 0 Å². The number of thioether (sulfide) groups is 3. The fourth-order valence-corrected chi connectivity index (χ4v) is 21.0. The second-order valence-electron chi connectivity index (χ2n) is 32.6. The quantitative estimate of drug-likeness (QED) is 0.00955. The van der Waals surface area contributed by atoms with Crippen molar-refractivity contribution in [2.24, 2.45) is 0 Å². The smallest absolute Gasteiger partial charge is 0.870 e. The van der Waals surface area contributed by atoms with Gasteiger partial charge in [0.05, 0.1) is 124 Å². The zero-order chi connectivity index (χ0) is 104. The second kappa shape index (κ2) is 60.1. The van der Waals surface area contributed by atoms with Gasteiger partial charge >= 0.3 is 65.1 Å². The maximum Gasteiger partial charge on any atom is 1.00 e. The molecule has 1 aliphatic heterocycles. The maximum atomic E-state index is 13.8. The summed E-state index contributed by atoms with van der Waals surface area (Å²) in [5.41, 5.74) is 15.5. The largest absolute Gasteiger partial charge is 1.00 e. The summed E-state index contributed by atoms with van der Waals surface area (Å²) in [5.74, 6) is 1.14. The first-order valence-electron chi connectivity index (χ1n) is 47.5. The van der Waals surface area contributed by atoms with Crippen LogP contribution >= 0.6 is 35.3 Å². The zero-order valence-electron chi connectivity index (χ0n) is 84.1. The van der Waals surface area contributed by atoms with Crippen molar-refractivity contribution in [3.63, 3.8) is 0 Å². The van der Waals surface area contributed by atoms with Crippen LogP contribution in [0.4, 0.5) is 5.69 Å². The number of aromatic carboxylic acids is 1. The molecule has 0 radical (unpaired) electrons. The zero-order valence-corrected chi connectivity index (χ0v) is 94.3. The van der Waals surface area contributed by atoms with Crippen molar-refractivity contribution in [3.05, 3.63) is 414 Å². The maximum absolute atomic E-state index is 13.8. The third-order valence-electron chi connectivity index (χ3n) is 23.1. The van der Waals surface area contributed by atoms with E-state index >= 15 is 0 Å². The van der Waals surface area contributed by atoms with Gasteiger partial charge in [0.2, 0.25) is 0 Å². The number of carboxylic acids is 1. The number of nitrogens with one attached hydrogen (secondary N) is 4. The molecule has 4 amide bonds. The van der Waals surface area contributed by atoms with E-state index < -0.39 is 64.3 Å². The van der Waals surface area contributed by atoms with Crippen LogP contribution in [0.25, 0.3) is 88.6 Å². The number of sulfone groups is 1. The monoisotopic (exact) mass is 2220 g/mol. The Morgan fingerprint density at radius 2 is 0.691 bits per heavy atom. The summed E-state index contributed by atoms with van der Waals surface area (Å²) < 4.78 is 74.5. The van der Waals surface area contributed by atoms with E-state index in [1.165, 1.54) is 11.8 Å². The molecule has 17 aromatic rings. The third-order valence-corrected chi connectivity index (χ3v) is 29.1. The van der Waals surface area contributed by atoms with E-state index in [0.717, 1.165) is 101 Å². The molecule has 0 bridgehead atoms. The van der Waals surface area contributed by atoms with Crippen LogP contribution in [-0.2, 0) is 25.4 Å². The van der Waals surface area contributed by atoms with Crippen molar-refractivity contribution in [1.29, 1.82) is 0 Å². The molecule has 0 spiro atoms. The molecule has 0 saturated heterocycles. The Kier molecular flexibility index (Phi) is 48.5. The number of carboxylic acid groups (broad SMARTS) is 1. The van der Waals surface area contributed by atoms with Gasteiger partial charge in [0.25, 0.3) is 29.4 Å². The molecule has 4 atom stereocenters. The number of anilines is 1. The van der Waals surface area contributed by atoms with E-state index in [1.54, 1.807) is 72.9 Å². The number of hydrogen-bond donors (Lipinski definition) is 5. The third kappa shape index (κ3) is 32.5. The summed E-state index contributed by atoms with van der Waals surface area (Å²) in [7, 11) is -5.15. The van der Waals surface area contributed by atoms with Crippen molar-refractivity contribution in [3.8, 4) is 45.0 Å². The fraction of sp³-hybridized carbons (Fsp3) is 0.171. The van der Waals surface area contributed by atoms with Gasteiger partial charge < -0.3 is 31.8 Å². The van der Waals surface area contributed by atoms with Crippen molar-refractivity contribution >= 4 is 146 Å². The number of ketones is 2. The van der Waals surface area contributed by atoms with Gasteiger partial charge in [-0.1, -0.05) is 383 Å². The normalized spacial score (nSPS) is 11.9. The van der Waals surface area contributed by atoms with Crippen molar-refractivity contribution < 1.29 is 150 Å². The van der Waals surface area contributed by atoms with E-state index in [2.05, 4.69) is 66.3 Å². The van der Waals surface area contributed by atoms with Gasteiger partial charge in [-0.2, -0.15) is 11.8 Å². The molecule has 18 rings (SSSR count). The number of carbonyl (C=O) groups excluding carboxylic acids is 6. The number of amides is 4. The second-order valence-corrected chi connectivity index (χ2v) is 42.4. The van der Waals surface area contributed by atoms with Crippen LogP contribution in [0.15, 0.2) is 384 Å². The van der Waals surface area contributed by atoms with Crippen LogP contribution in [0.1, 0.15) is 172 Å². The summed E-state index contributed by atoms with van der Waals surface area (Å²) in [6.07, 6.45) is 2.23. The Morgan fingerprint density at radius 1 is 0.389 bits per heavy atom. The first-order chi connectivity index (χ1) is 70.7. The number of nitrogens with zero attached hydrogens (tertiary/aromatic N) is 4. The summed E-state index contributed by atoms with van der Waals surface area (Å²) in [6, 6.07) is 114. The molecule has 24 nitrogen and oxygen atoms in total. The minimum Gasteiger partial charge on any atom is -0.870 e. The number of para-hydroxylation sites is 5. The van der Waals surface area contributed by atoms with Crippen molar-refractivity contribution in [1.82, 2.24) is 35.9 Å². The van der Waals surface area contributed by atoms with Gasteiger partial charge in [-0.05, 0) is 89.6 Å². The molecule has 6 N–H and O–H groups in total. The Bertz CT molecular complexity index is 7520. The topological polar surface area (TPSA) is 413 Å². The van der Waals surface area contributed by atoms with E-state index in [1.807, 2.05) is 325 Å². The minimum atomic E-state index is -5.94. The molecule has 0 aliphatic carbocycles. The van der Waals surface area contributed by atoms with Crippen LogP contribution < -0.4 is 114 Å². The van der Waals surface area contributed by atoms with Gasteiger partial charge in [0.1, 0.15) is 25.0 Å². The van der Waals surface area contributed by atoms with Crippen LogP contribution in [0.2, 0.25) is 0 Å². The molecule has 1 aliphatic rings. The number of benzene rings is 13.